The molecule has 1 N–H and O–H groups in total. The lowest BCUT2D eigenvalue weighted by atomic mass is 10.2. The Balaban J connectivity index is 1.26. The number of fused-ring (bicyclic) bond motifs is 1. The summed E-state index contributed by atoms with van der Waals surface area (Å²) in [5, 5.41) is 0.734. The quantitative estimate of drug-likeness (QED) is 0.747. The number of sulfonamides is 1. The number of nitrogens with zero attached hydrogens (tertiary/aromatic N) is 2. The molecule has 156 valence electrons. The van der Waals surface area contributed by atoms with E-state index in [1.807, 2.05) is 24.3 Å². The van der Waals surface area contributed by atoms with Crippen LogP contribution < -0.4 is 19.1 Å². The van der Waals surface area contributed by atoms with Crippen molar-refractivity contribution < 1.29 is 17.9 Å². The molecule has 2 heterocycles. The zero-order chi connectivity index (χ0) is 20.3. The maximum Gasteiger partial charge on any atom is 0.240 e. The van der Waals surface area contributed by atoms with Crippen molar-refractivity contribution in [2.45, 2.75) is 4.90 Å². The number of hydrogen-bond acceptors (Lipinski definition) is 6. The Morgan fingerprint density at radius 3 is 2.34 bits per heavy atom. The first-order valence-electron chi connectivity index (χ1n) is 9.63. The molecule has 0 saturated carbocycles. The Labute approximate surface area is 176 Å². The third-order valence-electron chi connectivity index (χ3n) is 5.11. The van der Waals surface area contributed by atoms with E-state index in [4.69, 9.17) is 21.1 Å². The fourth-order valence-electron chi connectivity index (χ4n) is 3.49. The molecule has 1 fully saturated rings. The summed E-state index contributed by atoms with van der Waals surface area (Å²) >= 11 is 5.95. The third kappa shape index (κ3) is 4.95. The van der Waals surface area contributed by atoms with Crippen LogP contribution in [-0.4, -0.2) is 65.8 Å². The van der Waals surface area contributed by atoms with Crippen molar-refractivity contribution in [3.05, 3.63) is 47.5 Å². The lowest BCUT2D eigenvalue weighted by molar-refractivity contribution is 0.171. The highest BCUT2D eigenvalue weighted by Gasteiger charge is 2.21. The third-order valence-corrected chi connectivity index (χ3v) is 6.82. The van der Waals surface area contributed by atoms with Gasteiger partial charge in [-0.25, -0.2) is 13.1 Å². The van der Waals surface area contributed by atoms with E-state index in [9.17, 15) is 8.42 Å². The smallest absolute Gasteiger partial charge is 0.240 e. The van der Waals surface area contributed by atoms with Gasteiger partial charge in [0.1, 0.15) is 13.2 Å². The largest absolute Gasteiger partial charge is 0.486 e. The molecule has 0 atom stereocenters. The minimum absolute atomic E-state index is 0.189. The van der Waals surface area contributed by atoms with Gasteiger partial charge in [-0.3, -0.25) is 4.90 Å². The van der Waals surface area contributed by atoms with E-state index in [1.165, 1.54) is 6.07 Å². The Bertz CT molecular complexity index is 945. The monoisotopic (exact) mass is 437 g/mol. The van der Waals surface area contributed by atoms with E-state index >= 15 is 0 Å². The molecule has 29 heavy (non-hydrogen) atoms. The van der Waals surface area contributed by atoms with E-state index < -0.39 is 10.0 Å². The van der Waals surface area contributed by atoms with Gasteiger partial charge < -0.3 is 14.4 Å². The molecule has 2 aromatic carbocycles. The van der Waals surface area contributed by atoms with E-state index in [2.05, 4.69) is 14.5 Å². The number of halogens is 1. The van der Waals surface area contributed by atoms with Crippen LogP contribution in [0, 0.1) is 0 Å². The summed E-state index contributed by atoms with van der Waals surface area (Å²) in [5.41, 5.74) is 1.16. The van der Waals surface area contributed by atoms with Crippen LogP contribution >= 0.6 is 11.6 Å². The summed E-state index contributed by atoms with van der Waals surface area (Å²) in [7, 11) is -3.59. The second kappa shape index (κ2) is 8.79. The lowest BCUT2D eigenvalue weighted by Gasteiger charge is -2.36. The number of piperazine rings is 1. The molecule has 2 aliphatic rings. The number of nitrogens with one attached hydrogen (secondary N) is 1. The van der Waals surface area contributed by atoms with E-state index in [-0.39, 0.29) is 4.90 Å². The van der Waals surface area contributed by atoms with Crippen molar-refractivity contribution in [2.24, 2.45) is 0 Å². The van der Waals surface area contributed by atoms with Crippen molar-refractivity contribution >= 4 is 27.3 Å². The van der Waals surface area contributed by atoms with Gasteiger partial charge in [0.2, 0.25) is 10.0 Å². The fourth-order valence-corrected chi connectivity index (χ4v) is 4.66. The molecule has 0 amide bonds. The van der Waals surface area contributed by atoms with Crippen molar-refractivity contribution in [2.75, 3.05) is 57.4 Å². The molecule has 9 heteroatoms. The lowest BCUT2D eigenvalue weighted by Crippen LogP contribution is -2.48. The van der Waals surface area contributed by atoms with Gasteiger partial charge >= 0.3 is 0 Å². The van der Waals surface area contributed by atoms with Gasteiger partial charge in [0.15, 0.2) is 11.5 Å². The second-order valence-corrected chi connectivity index (χ2v) is 9.21. The highest BCUT2D eigenvalue weighted by Crippen LogP contribution is 2.32. The van der Waals surface area contributed by atoms with Crippen molar-refractivity contribution in [3.63, 3.8) is 0 Å². The predicted molar refractivity (Wildman–Crippen MR) is 113 cm³/mol. The van der Waals surface area contributed by atoms with Gasteiger partial charge in [-0.2, -0.15) is 0 Å². The van der Waals surface area contributed by atoms with E-state index in [0.717, 1.165) is 36.9 Å². The van der Waals surface area contributed by atoms with Crippen LogP contribution in [0.5, 0.6) is 11.5 Å². The summed E-state index contributed by atoms with van der Waals surface area (Å²) in [6, 6.07) is 12.5. The molecule has 2 aromatic rings. The average molecular weight is 438 g/mol. The highest BCUT2D eigenvalue weighted by molar-refractivity contribution is 7.89. The molecule has 4 rings (SSSR count). The number of hydrogen-bond donors (Lipinski definition) is 1. The van der Waals surface area contributed by atoms with Crippen LogP contribution in [0.25, 0.3) is 0 Å². The Morgan fingerprint density at radius 2 is 1.62 bits per heavy atom. The van der Waals surface area contributed by atoms with Crippen molar-refractivity contribution in [1.29, 1.82) is 0 Å². The molecule has 7 nitrogen and oxygen atoms in total. The maximum absolute atomic E-state index is 12.6. The van der Waals surface area contributed by atoms with Gasteiger partial charge in [-0.1, -0.05) is 11.6 Å². The van der Waals surface area contributed by atoms with Gasteiger partial charge in [-0.15, -0.1) is 0 Å². The van der Waals surface area contributed by atoms with Crippen LogP contribution in [0.3, 0.4) is 0 Å². The topological polar surface area (TPSA) is 71.1 Å². The first-order chi connectivity index (χ1) is 14.0. The molecule has 0 spiro atoms. The molecule has 0 bridgehead atoms. The standard InChI is InChI=1S/C20H24ClN3O4S/c21-16-1-3-17(4-2-16)24-11-9-23(10-12-24)8-7-22-29(25,26)18-5-6-19-20(15-18)28-14-13-27-19/h1-6,15,22H,7-14H2. The second-order valence-electron chi connectivity index (χ2n) is 7.01. The molecule has 1 saturated heterocycles. The number of ether oxygens (including phenoxy) is 2. The van der Waals surface area contributed by atoms with Crippen LogP contribution in [0.15, 0.2) is 47.4 Å². The van der Waals surface area contributed by atoms with Crippen LogP contribution in [0.1, 0.15) is 0 Å². The van der Waals surface area contributed by atoms with Crippen molar-refractivity contribution in [3.8, 4) is 11.5 Å². The molecular weight excluding hydrogens is 414 g/mol. The summed E-state index contributed by atoms with van der Waals surface area (Å²) in [4.78, 5) is 4.76. The van der Waals surface area contributed by atoms with E-state index in [0.29, 0.717) is 37.8 Å². The van der Waals surface area contributed by atoms with E-state index in [1.54, 1.807) is 12.1 Å². The summed E-state index contributed by atoms with van der Waals surface area (Å²) in [5.74, 6) is 1.05. The molecular formula is C20H24ClN3O4S. The Morgan fingerprint density at radius 1 is 0.931 bits per heavy atom. The summed E-state index contributed by atoms with van der Waals surface area (Å²) in [6.45, 7) is 5.49. The molecule has 0 radical (unpaired) electrons. The van der Waals surface area contributed by atoms with Gasteiger partial charge in [0.05, 0.1) is 4.90 Å². The minimum atomic E-state index is -3.59. The summed E-state index contributed by atoms with van der Waals surface area (Å²) in [6.07, 6.45) is 0. The first kappa shape index (κ1) is 20.3. The van der Waals surface area contributed by atoms with Crippen LogP contribution in [0.4, 0.5) is 5.69 Å². The zero-order valence-corrected chi connectivity index (χ0v) is 17.6. The van der Waals surface area contributed by atoms with Crippen molar-refractivity contribution in [1.82, 2.24) is 9.62 Å². The number of rotatable bonds is 6. The molecule has 0 unspecified atom stereocenters. The number of benzene rings is 2. The first-order valence-corrected chi connectivity index (χ1v) is 11.5. The average Bonchev–Trinajstić information content (AvgIpc) is 2.74. The predicted octanol–water partition coefficient (Wildman–Crippen LogP) is 2.21. The fraction of sp³-hybridized carbons (Fsp3) is 0.400. The zero-order valence-electron chi connectivity index (χ0n) is 16.0. The van der Waals surface area contributed by atoms with Crippen LogP contribution in [0.2, 0.25) is 5.02 Å². The van der Waals surface area contributed by atoms with Gasteiger partial charge in [0.25, 0.3) is 0 Å². The minimum Gasteiger partial charge on any atom is -0.486 e. The summed E-state index contributed by atoms with van der Waals surface area (Å²) < 4.78 is 38.8. The molecule has 2 aliphatic heterocycles. The van der Waals surface area contributed by atoms with Gasteiger partial charge in [-0.05, 0) is 36.4 Å². The maximum atomic E-state index is 12.6. The number of anilines is 1. The van der Waals surface area contributed by atoms with Crippen LogP contribution in [-0.2, 0) is 10.0 Å². The van der Waals surface area contributed by atoms with Gasteiger partial charge in [0, 0.05) is 56.0 Å². The molecule has 0 aliphatic carbocycles. The highest BCUT2D eigenvalue weighted by atomic mass is 35.5. The SMILES string of the molecule is O=S(=O)(NCCN1CCN(c2ccc(Cl)cc2)CC1)c1ccc2c(c1)OCCO2. The molecule has 0 aromatic heterocycles. The normalized spacial score (nSPS) is 17.3. The Hall–Kier alpha value is -2.00. The Kier molecular flexibility index (Phi) is 6.15.